The summed E-state index contributed by atoms with van der Waals surface area (Å²) in [4.78, 5) is 2.58. The molecule has 0 radical (unpaired) electrons. The zero-order valence-electron chi connectivity index (χ0n) is 14.1. The van der Waals surface area contributed by atoms with E-state index in [1.54, 1.807) is 0 Å². The minimum absolute atomic E-state index is 0.279. The second-order valence-corrected chi connectivity index (χ2v) is 7.82. The van der Waals surface area contributed by atoms with Crippen molar-refractivity contribution in [1.29, 1.82) is 0 Å². The number of nitrogens with one attached hydrogen (secondary N) is 1. The Bertz CT molecular complexity index is 361. The van der Waals surface area contributed by atoms with Crippen LogP contribution in [0.15, 0.2) is 0 Å². The molecule has 5 unspecified atom stereocenters. The lowest BCUT2D eigenvalue weighted by Gasteiger charge is -2.60. The third kappa shape index (κ3) is 2.88. The fourth-order valence-corrected chi connectivity index (χ4v) is 4.75. The average molecular weight is 296 g/mol. The van der Waals surface area contributed by atoms with Crippen molar-refractivity contribution in [1.82, 2.24) is 10.2 Å². The summed E-state index contributed by atoms with van der Waals surface area (Å²) in [5.74, 6) is 0.725. The molecule has 0 spiro atoms. The molecule has 2 heterocycles. The van der Waals surface area contributed by atoms with E-state index >= 15 is 0 Å². The van der Waals surface area contributed by atoms with Crippen LogP contribution in [-0.4, -0.2) is 62.0 Å². The minimum atomic E-state index is 0.279. The first kappa shape index (κ1) is 15.7. The Morgan fingerprint density at radius 2 is 2.14 bits per heavy atom. The van der Waals surface area contributed by atoms with Gasteiger partial charge >= 0.3 is 0 Å². The van der Waals surface area contributed by atoms with Crippen LogP contribution < -0.4 is 5.32 Å². The molecule has 0 aromatic heterocycles. The molecule has 3 aliphatic rings. The highest BCUT2D eigenvalue weighted by molar-refractivity contribution is 5.10. The van der Waals surface area contributed by atoms with Gasteiger partial charge in [0, 0.05) is 49.2 Å². The first-order valence-corrected chi connectivity index (χ1v) is 8.70. The lowest BCUT2D eigenvalue weighted by molar-refractivity contribution is -0.193. The summed E-state index contributed by atoms with van der Waals surface area (Å²) in [6.45, 7) is 14.2. The number of hydrogen-bond donors (Lipinski definition) is 1. The second-order valence-electron chi connectivity index (χ2n) is 7.82. The Morgan fingerprint density at radius 3 is 2.90 bits per heavy atom. The molecule has 3 fully saturated rings. The van der Waals surface area contributed by atoms with E-state index in [0.29, 0.717) is 24.2 Å². The second kappa shape index (κ2) is 6.15. The first-order valence-electron chi connectivity index (χ1n) is 8.70. The maximum absolute atomic E-state index is 6.00. The lowest BCUT2D eigenvalue weighted by Crippen LogP contribution is -2.70. The molecule has 1 N–H and O–H groups in total. The molecule has 122 valence electrons. The summed E-state index contributed by atoms with van der Waals surface area (Å²) in [6, 6.07) is 1.72. The number of fused-ring (bicyclic) bond motifs is 1. The van der Waals surface area contributed by atoms with Gasteiger partial charge < -0.3 is 14.8 Å². The molecule has 1 saturated carbocycles. The van der Waals surface area contributed by atoms with Crippen LogP contribution in [0.1, 0.15) is 40.5 Å². The molecule has 5 atom stereocenters. The SMILES string of the molecule is CC(CNC1C2CCCOC2C1(C)C)N1CCOCC1C. The molecule has 0 bridgehead atoms. The number of rotatable bonds is 4. The third-order valence-electron chi connectivity index (χ3n) is 5.95. The number of ether oxygens (including phenoxy) is 2. The van der Waals surface area contributed by atoms with Crippen LogP contribution in [0.25, 0.3) is 0 Å². The molecule has 0 amide bonds. The fraction of sp³-hybridized carbons (Fsp3) is 1.00. The minimum Gasteiger partial charge on any atom is -0.379 e. The predicted octanol–water partition coefficient (Wildman–Crippen LogP) is 1.89. The third-order valence-corrected chi connectivity index (χ3v) is 5.95. The summed E-state index contributed by atoms with van der Waals surface area (Å²) in [5, 5.41) is 3.86. The van der Waals surface area contributed by atoms with Crippen molar-refractivity contribution in [3.05, 3.63) is 0 Å². The molecular formula is C17H32N2O2. The topological polar surface area (TPSA) is 33.7 Å². The summed E-state index contributed by atoms with van der Waals surface area (Å²) >= 11 is 0. The molecule has 0 aromatic carbocycles. The van der Waals surface area contributed by atoms with E-state index < -0.39 is 0 Å². The van der Waals surface area contributed by atoms with Gasteiger partial charge in [-0.1, -0.05) is 13.8 Å². The molecule has 0 aromatic rings. The van der Waals surface area contributed by atoms with Crippen molar-refractivity contribution in [2.45, 2.75) is 64.8 Å². The number of hydrogen-bond acceptors (Lipinski definition) is 4. The van der Waals surface area contributed by atoms with Crippen LogP contribution in [0.4, 0.5) is 0 Å². The zero-order valence-corrected chi connectivity index (χ0v) is 14.1. The Hall–Kier alpha value is -0.160. The highest BCUT2D eigenvalue weighted by atomic mass is 16.5. The van der Waals surface area contributed by atoms with Crippen LogP contribution in [-0.2, 0) is 9.47 Å². The molecule has 2 aliphatic heterocycles. The van der Waals surface area contributed by atoms with Crippen LogP contribution in [0.3, 0.4) is 0 Å². The van der Waals surface area contributed by atoms with Crippen molar-refractivity contribution < 1.29 is 9.47 Å². The van der Waals surface area contributed by atoms with E-state index in [-0.39, 0.29) is 5.41 Å². The average Bonchev–Trinajstić information content (AvgIpc) is 2.47. The largest absolute Gasteiger partial charge is 0.379 e. The van der Waals surface area contributed by atoms with E-state index in [2.05, 4.69) is 37.9 Å². The first-order chi connectivity index (χ1) is 10.0. The van der Waals surface area contributed by atoms with Crippen LogP contribution >= 0.6 is 0 Å². The maximum Gasteiger partial charge on any atom is 0.0684 e. The molecular weight excluding hydrogens is 264 g/mol. The standard InChI is InChI=1S/C17H32N2O2/c1-12(19-7-9-20-11-13(19)2)10-18-15-14-6-5-8-21-16(14)17(15,3)4/h12-16,18H,5-11H2,1-4H3. The van der Waals surface area contributed by atoms with Gasteiger partial charge in [-0.3, -0.25) is 4.90 Å². The normalized spacial score (nSPS) is 41.1. The van der Waals surface area contributed by atoms with Crippen LogP contribution in [0.2, 0.25) is 0 Å². The predicted molar refractivity (Wildman–Crippen MR) is 84.5 cm³/mol. The van der Waals surface area contributed by atoms with Gasteiger partial charge in [0.15, 0.2) is 0 Å². The van der Waals surface area contributed by atoms with Gasteiger partial charge in [-0.15, -0.1) is 0 Å². The van der Waals surface area contributed by atoms with Crippen molar-refractivity contribution >= 4 is 0 Å². The quantitative estimate of drug-likeness (QED) is 0.859. The summed E-state index contributed by atoms with van der Waals surface area (Å²) in [5.41, 5.74) is 0.279. The molecule has 1 aliphatic carbocycles. The van der Waals surface area contributed by atoms with Crippen molar-refractivity contribution in [3.63, 3.8) is 0 Å². The Balaban J connectivity index is 1.52. The van der Waals surface area contributed by atoms with Gasteiger partial charge in [0.25, 0.3) is 0 Å². The molecule has 4 heteroatoms. The van der Waals surface area contributed by atoms with Gasteiger partial charge in [-0.05, 0) is 26.7 Å². The monoisotopic (exact) mass is 296 g/mol. The van der Waals surface area contributed by atoms with Crippen LogP contribution in [0.5, 0.6) is 0 Å². The summed E-state index contributed by atoms with van der Waals surface area (Å²) < 4.78 is 11.5. The van der Waals surface area contributed by atoms with Crippen molar-refractivity contribution in [3.8, 4) is 0 Å². The molecule has 21 heavy (non-hydrogen) atoms. The van der Waals surface area contributed by atoms with Gasteiger partial charge in [0.05, 0.1) is 19.3 Å². The lowest BCUT2D eigenvalue weighted by atomic mass is 9.55. The highest BCUT2D eigenvalue weighted by Gasteiger charge is 2.57. The molecule has 2 saturated heterocycles. The van der Waals surface area contributed by atoms with Crippen molar-refractivity contribution in [2.75, 3.05) is 32.9 Å². The van der Waals surface area contributed by atoms with Crippen LogP contribution in [0, 0.1) is 11.3 Å². The Kier molecular flexibility index (Phi) is 4.60. The molecule has 3 rings (SSSR count). The van der Waals surface area contributed by atoms with E-state index in [4.69, 9.17) is 9.47 Å². The number of nitrogens with zero attached hydrogens (tertiary/aromatic N) is 1. The summed E-state index contributed by atoms with van der Waals surface area (Å²) in [6.07, 6.45) is 3.03. The van der Waals surface area contributed by atoms with E-state index in [0.717, 1.165) is 38.8 Å². The fourth-order valence-electron chi connectivity index (χ4n) is 4.75. The van der Waals surface area contributed by atoms with Gasteiger partial charge in [0.2, 0.25) is 0 Å². The zero-order chi connectivity index (χ0) is 15.0. The number of morpholine rings is 1. The van der Waals surface area contributed by atoms with Gasteiger partial charge in [-0.25, -0.2) is 0 Å². The maximum atomic E-state index is 6.00. The Labute approximate surface area is 129 Å². The molecule has 4 nitrogen and oxygen atoms in total. The van der Waals surface area contributed by atoms with E-state index in [9.17, 15) is 0 Å². The van der Waals surface area contributed by atoms with E-state index in [1.807, 2.05) is 0 Å². The smallest absolute Gasteiger partial charge is 0.0684 e. The van der Waals surface area contributed by atoms with Gasteiger partial charge in [-0.2, -0.15) is 0 Å². The highest BCUT2D eigenvalue weighted by Crippen LogP contribution is 2.51. The van der Waals surface area contributed by atoms with E-state index in [1.165, 1.54) is 12.8 Å². The Morgan fingerprint density at radius 1 is 1.33 bits per heavy atom. The van der Waals surface area contributed by atoms with Gasteiger partial charge in [0.1, 0.15) is 0 Å². The summed E-state index contributed by atoms with van der Waals surface area (Å²) in [7, 11) is 0. The van der Waals surface area contributed by atoms with Crippen molar-refractivity contribution in [2.24, 2.45) is 11.3 Å².